The van der Waals surface area contributed by atoms with Crippen molar-refractivity contribution >= 4 is 45.9 Å². The molecule has 0 saturated heterocycles. The van der Waals surface area contributed by atoms with Crippen LogP contribution in [0.3, 0.4) is 0 Å². The quantitative estimate of drug-likeness (QED) is 0.1000. The van der Waals surface area contributed by atoms with Crippen LogP contribution in [0.4, 0.5) is 17.1 Å². The molecule has 9 rings (SSSR count). The topological polar surface area (TPSA) is 3.24 Å². The van der Waals surface area contributed by atoms with Crippen LogP contribution >= 0.6 is 0 Å². The molecular weight excluding hydrogens is 691 g/mol. The summed E-state index contributed by atoms with van der Waals surface area (Å²) in [7, 11) is -2.55. The maximum Gasteiger partial charge on any atom is 0.179 e. The minimum atomic E-state index is -2.55. The van der Waals surface area contributed by atoms with E-state index in [1.165, 1.54) is 54.1 Å². The van der Waals surface area contributed by atoms with Crippen molar-refractivity contribution in [2.24, 2.45) is 0 Å². The van der Waals surface area contributed by atoms with E-state index >= 15 is 0 Å². The molecule has 0 aromatic heterocycles. The molecule has 0 aliphatic carbocycles. The number of nitrogens with zero attached hydrogens (tertiary/aromatic N) is 1. The van der Waals surface area contributed by atoms with Gasteiger partial charge in [0.2, 0.25) is 0 Å². The molecule has 0 aliphatic heterocycles. The third-order valence-electron chi connectivity index (χ3n) is 10.9. The van der Waals surface area contributed by atoms with Gasteiger partial charge in [-0.3, -0.25) is 0 Å². The van der Waals surface area contributed by atoms with E-state index < -0.39 is 8.07 Å². The summed E-state index contributed by atoms with van der Waals surface area (Å²) in [5, 5.41) is 5.52. The van der Waals surface area contributed by atoms with E-state index in [0.717, 1.165) is 17.1 Å². The van der Waals surface area contributed by atoms with E-state index in [-0.39, 0.29) is 0 Å². The highest BCUT2D eigenvalue weighted by Crippen LogP contribution is 2.37. The van der Waals surface area contributed by atoms with E-state index in [9.17, 15) is 0 Å². The average molecular weight is 732 g/mol. The second-order valence-electron chi connectivity index (χ2n) is 14.1. The van der Waals surface area contributed by atoms with Gasteiger partial charge in [-0.1, -0.05) is 212 Å². The molecule has 266 valence electrons. The molecule has 0 heterocycles. The van der Waals surface area contributed by atoms with Gasteiger partial charge in [0.1, 0.15) is 0 Å². The van der Waals surface area contributed by atoms with Gasteiger partial charge >= 0.3 is 0 Å². The summed E-state index contributed by atoms with van der Waals surface area (Å²) in [6.07, 6.45) is 0. The highest BCUT2D eigenvalue weighted by molar-refractivity contribution is 7.19. The first-order valence-corrected chi connectivity index (χ1v) is 21.3. The van der Waals surface area contributed by atoms with Crippen LogP contribution in [0.25, 0.3) is 33.4 Å². The maximum absolute atomic E-state index is 2.55. The summed E-state index contributed by atoms with van der Waals surface area (Å²) in [5.41, 5.74) is 10.6. The molecule has 0 amide bonds. The molecule has 1 nitrogen and oxygen atoms in total. The second-order valence-corrected chi connectivity index (χ2v) is 17.9. The molecule has 0 unspecified atom stereocenters. The van der Waals surface area contributed by atoms with Gasteiger partial charge in [-0.05, 0) is 90.5 Å². The van der Waals surface area contributed by atoms with Gasteiger partial charge in [0.05, 0.1) is 0 Å². The monoisotopic (exact) mass is 731 g/mol. The largest absolute Gasteiger partial charge is 0.311 e. The van der Waals surface area contributed by atoms with Gasteiger partial charge in [-0.15, -0.1) is 0 Å². The molecule has 0 atom stereocenters. The predicted octanol–water partition coefficient (Wildman–Crippen LogP) is 11.5. The highest BCUT2D eigenvalue weighted by atomic mass is 28.3. The Kier molecular flexibility index (Phi) is 9.78. The van der Waals surface area contributed by atoms with Crippen molar-refractivity contribution in [3.05, 3.63) is 249 Å². The van der Waals surface area contributed by atoms with Crippen LogP contribution in [0.5, 0.6) is 0 Å². The van der Waals surface area contributed by atoms with Crippen LogP contribution in [0.1, 0.15) is 0 Å². The van der Waals surface area contributed by atoms with E-state index in [1.807, 2.05) is 0 Å². The first-order chi connectivity index (χ1) is 27.8. The van der Waals surface area contributed by atoms with Crippen molar-refractivity contribution in [3.8, 4) is 33.4 Å². The summed E-state index contributed by atoms with van der Waals surface area (Å²) in [6, 6.07) is 90.5. The molecule has 0 aliphatic rings. The summed E-state index contributed by atoms with van der Waals surface area (Å²) in [4.78, 5) is 2.32. The number of para-hydroxylation sites is 1. The first-order valence-electron chi connectivity index (χ1n) is 19.3. The van der Waals surface area contributed by atoms with Crippen LogP contribution < -0.4 is 25.6 Å². The molecule has 0 saturated carbocycles. The summed E-state index contributed by atoms with van der Waals surface area (Å²) in [6.45, 7) is 0. The molecule has 9 aromatic carbocycles. The molecular formula is C54H41NSi. The molecule has 0 N–H and O–H groups in total. The van der Waals surface area contributed by atoms with E-state index in [1.54, 1.807) is 0 Å². The Balaban J connectivity index is 1.00. The first kappa shape index (κ1) is 34.7. The highest BCUT2D eigenvalue weighted by Gasteiger charge is 2.41. The molecule has 0 spiro atoms. The molecule has 0 radical (unpaired) electrons. The van der Waals surface area contributed by atoms with Crippen molar-refractivity contribution in [2.45, 2.75) is 0 Å². The average Bonchev–Trinajstić information content (AvgIpc) is 3.29. The molecule has 0 bridgehead atoms. The van der Waals surface area contributed by atoms with Crippen molar-refractivity contribution in [1.82, 2.24) is 0 Å². The normalized spacial score (nSPS) is 11.2. The van der Waals surface area contributed by atoms with Crippen molar-refractivity contribution < 1.29 is 0 Å². The standard InChI is InChI=1S/C54H41NSi/c1-6-16-42(17-7-1)45-30-36-49(37-31-45)55(48-18-8-2-9-19-48)50-38-32-46(33-39-50)43-26-28-44(29-27-43)47-34-40-54(41-35-47)56(51-20-10-3-11-21-51,52-22-12-4-13-23-52)53-24-14-5-15-25-53/h1-41H. The second kappa shape index (κ2) is 15.8. The maximum atomic E-state index is 2.37. The lowest BCUT2D eigenvalue weighted by Gasteiger charge is -2.34. The van der Waals surface area contributed by atoms with E-state index in [4.69, 9.17) is 0 Å². The van der Waals surface area contributed by atoms with E-state index in [0.29, 0.717) is 0 Å². The van der Waals surface area contributed by atoms with Gasteiger partial charge in [-0.2, -0.15) is 0 Å². The van der Waals surface area contributed by atoms with Crippen LogP contribution in [0, 0.1) is 0 Å². The number of hydrogen-bond acceptors (Lipinski definition) is 1. The fraction of sp³-hybridized carbons (Fsp3) is 0. The van der Waals surface area contributed by atoms with Crippen LogP contribution in [0.2, 0.25) is 0 Å². The Hall–Kier alpha value is -7.00. The zero-order valence-electron chi connectivity index (χ0n) is 31.1. The zero-order chi connectivity index (χ0) is 37.6. The third kappa shape index (κ3) is 6.79. The van der Waals surface area contributed by atoms with Gasteiger partial charge in [-0.25, -0.2) is 0 Å². The van der Waals surface area contributed by atoms with Gasteiger partial charge in [0.15, 0.2) is 8.07 Å². The van der Waals surface area contributed by atoms with Crippen LogP contribution in [0.15, 0.2) is 249 Å². The molecule has 2 heteroatoms. The zero-order valence-corrected chi connectivity index (χ0v) is 32.1. The Morgan fingerprint density at radius 2 is 0.429 bits per heavy atom. The molecule has 9 aromatic rings. The number of hydrogen-bond donors (Lipinski definition) is 0. The Labute approximate surface area is 331 Å². The van der Waals surface area contributed by atoms with Gasteiger partial charge < -0.3 is 4.90 Å². The lowest BCUT2D eigenvalue weighted by atomic mass is 10.00. The van der Waals surface area contributed by atoms with Gasteiger partial charge in [0.25, 0.3) is 0 Å². The smallest absolute Gasteiger partial charge is 0.179 e. The third-order valence-corrected chi connectivity index (χ3v) is 15.7. The number of benzene rings is 9. The molecule has 0 fully saturated rings. The van der Waals surface area contributed by atoms with Crippen LogP contribution in [-0.2, 0) is 0 Å². The van der Waals surface area contributed by atoms with Crippen molar-refractivity contribution in [1.29, 1.82) is 0 Å². The fourth-order valence-corrected chi connectivity index (χ4v) is 12.8. The summed E-state index contributed by atoms with van der Waals surface area (Å²) >= 11 is 0. The SMILES string of the molecule is c1ccc(-c2ccc(N(c3ccccc3)c3ccc(-c4ccc(-c5ccc([Si](c6ccccc6)(c6ccccc6)c6ccccc6)cc5)cc4)cc3)cc2)cc1. The van der Waals surface area contributed by atoms with Crippen molar-refractivity contribution in [3.63, 3.8) is 0 Å². The number of rotatable bonds is 10. The van der Waals surface area contributed by atoms with Crippen LogP contribution in [-0.4, -0.2) is 8.07 Å². The Bertz CT molecular complexity index is 2510. The summed E-state index contributed by atoms with van der Waals surface area (Å²) < 4.78 is 0. The predicted molar refractivity (Wildman–Crippen MR) is 241 cm³/mol. The van der Waals surface area contributed by atoms with Gasteiger partial charge in [0, 0.05) is 17.1 Å². The lowest BCUT2D eigenvalue weighted by Crippen LogP contribution is -2.74. The molecule has 56 heavy (non-hydrogen) atoms. The van der Waals surface area contributed by atoms with E-state index in [2.05, 4.69) is 254 Å². The minimum Gasteiger partial charge on any atom is -0.311 e. The number of anilines is 3. The Morgan fingerprint density at radius 3 is 0.786 bits per heavy atom. The van der Waals surface area contributed by atoms with Crippen molar-refractivity contribution in [2.75, 3.05) is 4.90 Å². The Morgan fingerprint density at radius 1 is 0.196 bits per heavy atom. The fourth-order valence-electron chi connectivity index (χ4n) is 8.09. The lowest BCUT2D eigenvalue weighted by molar-refractivity contribution is 1.28. The summed E-state index contributed by atoms with van der Waals surface area (Å²) in [5.74, 6) is 0. The minimum absolute atomic E-state index is 1.12.